The molecule has 1 amide bonds. The number of carbonyl (C=O) groups excluding carboxylic acids is 1. The minimum absolute atomic E-state index is 0.0481. The van der Waals surface area contributed by atoms with E-state index < -0.39 is 17.9 Å². The van der Waals surface area contributed by atoms with Gasteiger partial charge in [0.25, 0.3) is 5.91 Å². The van der Waals surface area contributed by atoms with Crippen molar-refractivity contribution in [3.8, 4) is 27.6 Å². The molecule has 7 nitrogen and oxygen atoms in total. The molecule has 0 bridgehead atoms. The summed E-state index contributed by atoms with van der Waals surface area (Å²) < 4.78 is 38.0. The second kappa shape index (κ2) is 13.0. The van der Waals surface area contributed by atoms with Crippen molar-refractivity contribution in [1.82, 2.24) is 14.9 Å². The average molecular weight is 644 g/mol. The number of carboxylic acids is 1. The summed E-state index contributed by atoms with van der Waals surface area (Å²) in [6, 6.07) is 17.4. The van der Waals surface area contributed by atoms with Crippen LogP contribution in [0.3, 0.4) is 0 Å². The second-order valence-corrected chi connectivity index (χ2v) is 13.1. The highest BCUT2D eigenvalue weighted by molar-refractivity contribution is 7.17. The van der Waals surface area contributed by atoms with Crippen molar-refractivity contribution < 1.29 is 28.2 Å². The fourth-order valence-electron chi connectivity index (χ4n) is 6.13. The number of rotatable bonds is 9. The maximum Gasteiger partial charge on any atom is 0.335 e. The molecule has 1 aliphatic rings. The number of hydrogen-bond donors (Lipinski definition) is 2. The number of aromatic nitrogens is 2. The predicted octanol–water partition coefficient (Wildman–Crippen LogP) is 9.19. The Morgan fingerprint density at radius 2 is 1.72 bits per heavy atom. The molecule has 238 valence electrons. The van der Waals surface area contributed by atoms with Crippen LogP contribution in [-0.4, -0.2) is 32.6 Å². The van der Waals surface area contributed by atoms with Crippen LogP contribution in [0.1, 0.15) is 90.6 Å². The summed E-state index contributed by atoms with van der Waals surface area (Å²) in [7, 11) is 0. The topological polar surface area (TPSA) is 93.4 Å². The highest BCUT2D eigenvalue weighted by Gasteiger charge is 2.26. The van der Waals surface area contributed by atoms with Gasteiger partial charge < -0.3 is 19.7 Å². The molecule has 6 rings (SSSR count). The average Bonchev–Trinajstić information content (AvgIpc) is 3.64. The first-order chi connectivity index (χ1) is 22.1. The monoisotopic (exact) mass is 643 g/mol. The quantitative estimate of drug-likeness (QED) is 0.167. The van der Waals surface area contributed by atoms with E-state index in [9.17, 15) is 19.1 Å². The molecule has 1 saturated carbocycles. The van der Waals surface area contributed by atoms with Gasteiger partial charge in [-0.3, -0.25) is 4.79 Å². The number of aromatic carboxylic acids is 1. The van der Waals surface area contributed by atoms with E-state index in [1.165, 1.54) is 35.6 Å². The Labute approximate surface area is 269 Å². The van der Waals surface area contributed by atoms with Crippen molar-refractivity contribution in [2.24, 2.45) is 0 Å². The summed E-state index contributed by atoms with van der Waals surface area (Å²) in [6.45, 7) is 5.59. The van der Waals surface area contributed by atoms with E-state index in [1.807, 2.05) is 20.8 Å². The fourth-order valence-corrected chi connectivity index (χ4v) is 7.28. The number of benzene rings is 3. The highest BCUT2D eigenvalue weighted by atomic mass is 32.1. The molecule has 1 atom stereocenters. The molecule has 0 spiro atoms. The van der Waals surface area contributed by atoms with Gasteiger partial charge in [-0.15, -0.1) is 11.3 Å². The number of nitrogens with one attached hydrogen (secondary N) is 1. The Hall–Kier alpha value is -4.57. The van der Waals surface area contributed by atoms with E-state index in [0.717, 1.165) is 53.6 Å². The van der Waals surface area contributed by atoms with Gasteiger partial charge in [-0.05, 0) is 87.7 Å². The van der Waals surface area contributed by atoms with Crippen LogP contribution in [-0.2, 0) is 0 Å². The molecule has 3 aromatic carbocycles. The Balaban J connectivity index is 1.34. The van der Waals surface area contributed by atoms with Crippen molar-refractivity contribution in [3.63, 3.8) is 0 Å². The number of carbonyl (C=O) groups is 2. The van der Waals surface area contributed by atoms with E-state index >= 15 is 4.39 Å². The zero-order valence-electron chi connectivity index (χ0n) is 25.8. The molecule has 0 radical (unpaired) electrons. The largest absolute Gasteiger partial charge is 0.486 e. The van der Waals surface area contributed by atoms with E-state index in [-0.39, 0.29) is 29.4 Å². The van der Waals surface area contributed by atoms with Gasteiger partial charge in [0.2, 0.25) is 0 Å². The lowest BCUT2D eigenvalue weighted by Gasteiger charge is -2.26. The van der Waals surface area contributed by atoms with E-state index in [0.29, 0.717) is 27.5 Å². The van der Waals surface area contributed by atoms with Crippen molar-refractivity contribution in [2.75, 3.05) is 0 Å². The molecule has 1 aliphatic carbocycles. The molecule has 1 fully saturated rings. The molecule has 2 heterocycles. The first kappa shape index (κ1) is 31.4. The molecule has 46 heavy (non-hydrogen) atoms. The minimum Gasteiger partial charge on any atom is -0.486 e. The smallest absolute Gasteiger partial charge is 0.335 e. The second-order valence-electron chi connectivity index (χ2n) is 12.0. The molecule has 5 aromatic rings. The predicted molar refractivity (Wildman–Crippen MR) is 176 cm³/mol. The van der Waals surface area contributed by atoms with Crippen LogP contribution in [0.4, 0.5) is 8.78 Å². The van der Waals surface area contributed by atoms with Crippen molar-refractivity contribution in [2.45, 2.75) is 71.1 Å². The molecular formula is C36H35F2N3O4S. The van der Waals surface area contributed by atoms with Crippen LogP contribution in [0.25, 0.3) is 32.9 Å². The summed E-state index contributed by atoms with van der Waals surface area (Å²) in [4.78, 5) is 30.5. The van der Waals surface area contributed by atoms with Crippen LogP contribution >= 0.6 is 11.3 Å². The van der Waals surface area contributed by atoms with Gasteiger partial charge in [-0.2, -0.15) is 0 Å². The number of ether oxygens (including phenoxy) is 1. The Morgan fingerprint density at radius 1 is 0.978 bits per heavy atom. The number of thiophene rings is 1. The summed E-state index contributed by atoms with van der Waals surface area (Å²) in [5.74, 6) is -1.38. The highest BCUT2D eigenvalue weighted by Crippen LogP contribution is 2.40. The molecule has 1 unspecified atom stereocenters. The summed E-state index contributed by atoms with van der Waals surface area (Å²) in [5, 5.41) is 12.4. The number of carboxylic acid groups (broad SMARTS) is 1. The lowest BCUT2D eigenvalue weighted by Crippen LogP contribution is -2.29. The summed E-state index contributed by atoms with van der Waals surface area (Å²) >= 11 is 1.29. The minimum atomic E-state index is -1.04. The molecular weight excluding hydrogens is 608 g/mol. The number of fused-ring (bicyclic) bond motifs is 1. The van der Waals surface area contributed by atoms with E-state index in [1.54, 1.807) is 42.5 Å². The zero-order valence-corrected chi connectivity index (χ0v) is 26.7. The molecule has 2 aromatic heterocycles. The number of halogens is 2. The van der Waals surface area contributed by atoms with Gasteiger partial charge in [0.15, 0.2) is 0 Å². The van der Waals surface area contributed by atoms with Gasteiger partial charge in [0.05, 0.1) is 27.0 Å². The number of hydrogen-bond acceptors (Lipinski definition) is 5. The van der Waals surface area contributed by atoms with Gasteiger partial charge >= 0.3 is 5.97 Å². The summed E-state index contributed by atoms with van der Waals surface area (Å²) in [5.41, 5.74) is 3.19. The first-order valence-electron chi connectivity index (χ1n) is 15.5. The molecule has 0 saturated heterocycles. The Kier molecular flexibility index (Phi) is 8.90. The number of imidazole rings is 1. The number of amides is 1. The van der Waals surface area contributed by atoms with Crippen LogP contribution < -0.4 is 10.1 Å². The van der Waals surface area contributed by atoms with Crippen molar-refractivity contribution in [1.29, 1.82) is 0 Å². The van der Waals surface area contributed by atoms with Crippen LogP contribution in [0.15, 0.2) is 66.7 Å². The van der Waals surface area contributed by atoms with Crippen LogP contribution in [0.2, 0.25) is 0 Å². The maximum atomic E-state index is 16.0. The van der Waals surface area contributed by atoms with E-state index in [2.05, 4.69) is 9.88 Å². The molecule has 0 aliphatic heterocycles. The van der Waals surface area contributed by atoms with Gasteiger partial charge in [0, 0.05) is 28.6 Å². The van der Waals surface area contributed by atoms with Crippen molar-refractivity contribution in [3.05, 3.63) is 94.4 Å². The summed E-state index contributed by atoms with van der Waals surface area (Å²) in [6.07, 6.45) is 4.59. The molecule has 10 heteroatoms. The lowest BCUT2D eigenvalue weighted by molar-refractivity contribution is 0.0696. The van der Waals surface area contributed by atoms with Crippen molar-refractivity contribution >= 4 is 34.2 Å². The Bertz CT molecular complexity index is 1910. The van der Waals surface area contributed by atoms with Gasteiger partial charge in [0.1, 0.15) is 29.3 Å². The number of nitrogens with zero attached hydrogens (tertiary/aromatic N) is 2. The van der Waals surface area contributed by atoms with Gasteiger partial charge in [-0.1, -0.05) is 31.4 Å². The zero-order chi connectivity index (χ0) is 32.5. The van der Waals surface area contributed by atoms with E-state index in [4.69, 9.17) is 9.72 Å². The SMILES string of the molecule is CC(C)NC(=O)c1cc(C(C)Oc2ccc(-c3nc4cc(C(=O)O)ccc4n3C3CCCCC3)c(F)c2)c(-c2ccc(F)cc2)s1. The van der Waals surface area contributed by atoms with Gasteiger partial charge in [-0.25, -0.2) is 18.6 Å². The first-order valence-corrected chi connectivity index (χ1v) is 16.3. The fraction of sp³-hybridized carbons (Fsp3) is 0.306. The third-order valence-corrected chi connectivity index (χ3v) is 9.52. The third kappa shape index (κ3) is 6.39. The Morgan fingerprint density at radius 3 is 2.39 bits per heavy atom. The van der Waals surface area contributed by atoms with Crippen LogP contribution in [0.5, 0.6) is 5.75 Å². The molecule has 2 N–H and O–H groups in total. The standard InChI is InChI=1S/C36H35F2N3O4S/c1-20(2)39-35(42)32-19-28(33(46-32)22-9-12-24(37)13-10-22)21(3)45-26-14-15-27(29(38)18-26)34-40-30-17-23(36(43)44)11-16-31(30)41(34)25-7-5-4-6-8-25/h9-21,25H,4-8H2,1-3H3,(H,39,42)(H,43,44). The normalized spacial score (nSPS) is 14.5. The lowest BCUT2D eigenvalue weighted by atomic mass is 9.94. The van der Waals surface area contributed by atoms with Crippen LogP contribution in [0, 0.1) is 11.6 Å². The maximum absolute atomic E-state index is 16.0. The third-order valence-electron chi connectivity index (χ3n) is 8.32.